The molecule has 1 amide bonds. The van der Waals surface area contributed by atoms with Gasteiger partial charge >= 0.3 is 0 Å². The van der Waals surface area contributed by atoms with Gasteiger partial charge in [0.25, 0.3) is 5.91 Å². The first-order valence-electron chi connectivity index (χ1n) is 7.87. The number of rotatable bonds is 5. The molecule has 2 aromatic carbocycles. The second-order valence-electron chi connectivity index (χ2n) is 5.82. The van der Waals surface area contributed by atoms with E-state index in [1.54, 1.807) is 30.3 Å². The van der Waals surface area contributed by atoms with Gasteiger partial charge in [-0.25, -0.2) is 4.39 Å². The molecule has 26 heavy (non-hydrogen) atoms. The molecule has 0 radical (unpaired) electrons. The minimum absolute atomic E-state index is 0.153. The molecule has 3 rings (SSSR count). The van der Waals surface area contributed by atoms with Gasteiger partial charge in [0.2, 0.25) is 0 Å². The van der Waals surface area contributed by atoms with Gasteiger partial charge in [0.1, 0.15) is 5.82 Å². The van der Waals surface area contributed by atoms with Crippen molar-refractivity contribution in [1.29, 1.82) is 0 Å². The third-order valence-corrected chi connectivity index (χ3v) is 5.79. The van der Waals surface area contributed by atoms with Crippen LogP contribution in [0.15, 0.2) is 36.4 Å². The Morgan fingerprint density at radius 1 is 1.31 bits per heavy atom. The first kappa shape index (κ1) is 19.1. The number of hydrogen-bond donors (Lipinski definition) is 1. The van der Waals surface area contributed by atoms with E-state index in [0.29, 0.717) is 30.6 Å². The van der Waals surface area contributed by atoms with E-state index < -0.39 is 0 Å². The Morgan fingerprint density at radius 2 is 2.08 bits per heavy atom. The van der Waals surface area contributed by atoms with Crippen molar-refractivity contribution in [3.05, 3.63) is 68.3 Å². The zero-order chi connectivity index (χ0) is 18.8. The fourth-order valence-corrected chi connectivity index (χ4v) is 4.52. The third-order valence-electron chi connectivity index (χ3n) is 4.03. The molecule has 136 valence electrons. The lowest BCUT2D eigenvalue weighted by Crippen LogP contribution is -2.27. The van der Waals surface area contributed by atoms with Crippen molar-refractivity contribution in [2.45, 2.75) is 19.6 Å². The molecular formula is C19H16Cl2FNO2S. The number of thiophene rings is 1. The standard InChI is InChI=1S/C19H16Cl2FNO2S/c1-10(12-7-6-11(20)8-14(12)21)23-19(24)18-13(9-25-2)17-15(22)4-3-5-16(17)26-18/h3-8,10H,9H2,1-2H3,(H,23,24). The average molecular weight is 412 g/mol. The summed E-state index contributed by atoms with van der Waals surface area (Å²) in [4.78, 5) is 13.3. The number of carbonyl (C=O) groups is 1. The zero-order valence-electron chi connectivity index (χ0n) is 14.1. The van der Waals surface area contributed by atoms with E-state index in [2.05, 4.69) is 5.32 Å². The molecule has 1 atom stereocenters. The SMILES string of the molecule is COCc1c(C(=O)NC(C)c2ccc(Cl)cc2Cl)sc2cccc(F)c12. The molecular weight excluding hydrogens is 396 g/mol. The van der Waals surface area contributed by atoms with Crippen LogP contribution in [0.4, 0.5) is 4.39 Å². The highest BCUT2D eigenvalue weighted by atomic mass is 35.5. The normalized spacial score (nSPS) is 12.3. The Kier molecular flexibility index (Phi) is 5.82. The highest BCUT2D eigenvalue weighted by Crippen LogP contribution is 2.34. The van der Waals surface area contributed by atoms with E-state index in [1.807, 2.05) is 6.92 Å². The number of fused-ring (bicyclic) bond motifs is 1. The van der Waals surface area contributed by atoms with E-state index in [1.165, 1.54) is 24.5 Å². The maximum Gasteiger partial charge on any atom is 0.262 e. The van der Waals surface area contributed by atoms with Crippen molar-refractivity contribution in [2.75, 3.05) is 7.11 Å². The van der Waals surface area contributed by atoms with Crippen LogP contribution in [-0.2, 0) is 11.3 Å². The smallest absolute Gasteiger partial charge is 0.262 e. The first-order chi connectivity index (χ1) is 12.4. The molecule has 0 aliphatic carbocycles. The summed E-state index contributed by atoms with van der Waals surface area (Å²) in [5, 5.41) is 4.35. The van der Waals surface area contributed by atoms with Crippen molar-refractivity contribution in [3.8, 4) is 0 Å². The summed E-state index contributed by atoms with van der Waals surface area (Å²) in [6.07, 6.45) is 0. The van der Waals surface area contributed by atoms with E-state index in [-0.39, 0.29) is 24.4 Å². The molecule has 0 saturated heterocycles. The van der Waals surface area contributed by atoms with Crippen LogP contribution < -0.4 is 5.32 Å². The number of benzene rings is 2. The summed E-state index contributed by atoms with van der Waals surface area (Å²) in [5.74, 6) is -0.658. The molecule has 1 unspecified atom stereocenters. The van der Waals surface area contributed by atoms with Crippen molar-refractivity contribution >= 4 is 50.5 Å². The van der Waals surface area contributed by atoms with Gasteiger partial charge in [-0.05, 0) is 36.8 Å². The van der Waals surface area contributed by atoms with Crippen LogP contribution in [0.2, 0.25) is 10.0 Å². The molecule has 0 spiro atoms. The molecule has 1 N–H and O–H groups in total. The van der Waals surface area contributed by atoms with Crippen LogP contribution in [0.25, 0.3) is 10.1 Å². The number of ether oxygens (including phenoxy) is 1. The minimum atomic E-state index is -0.362. The van der Waals surface area contributed by atoms with Crippen LogP contribution in [0.1, 0.15) is 33.8 Å². The van der Waals surface area contributed by atoms with Crippen LogP contribution in [-0.4, -0.2) is 13.0 Å². The number of hydrogen-bond acceptors (Lipinski definition) is 3. The van der Waals surface area contributed by atoms with Gasteiger partial charge in [0.05, 0.1) is 17.5 Å². The fourth-order valence-electron chi connectivity index (χ4n) is 2.83. The van der Waals surface area contributed by atoms with Gasteiger partial charge in [-0.15, -0.1) is 11.3 Å². The summed E-state index contributed by atoms with van der Waals surface area (Å²) in [6.45, 7) is 1.98. The summed E-state index contributed by atoms with van der Waals surface area (Å²) >= 11 is 13.4. The summed E-state index contributed by atoms with van der Waals surface area (Å²) in [5.41, 5.74) is 1.31. The lowest BCUT2D eigenvalue weighted by atomic mass is 10.1. The molecule has 7 heteroatoms. The zero-order valence-corrected chi connectivity index (χ0v) is 16.4. The second kappa shape index (κ2) is 7.92. The van der Waals surface area contributed by atoms with Gasteiger partial charge in [-0.1, -0.05) is 35.3 Å². The van der Waals surface area contributed by atoms with Crippen LogP contribution in [0, 0.1) is 5.82 Å². The summed E-state index contributed by atoms with van der Waals surface area (Å²) in [6, 6.07) is 9.59. The number of halogens is 3. The van der Waals surface area contributed by atoms with Crippen molar-refractivity contribution in [3.63, 3.8) is 0 Å². The first-order valence-corrected chi connectivity index (χ1v) is 9.44. The highest BCUT2D eigenvalue weighted by molar-refractivity contribution is 7.21. The van der Waals surface area contributed by atoms with Crippen molar-refractivity contribution in [1.82, 2.24) is 5.32 Å². The van der Waals surface area contributed by atoms with E-state index in [0.717, 1.165) is 5.56 Å². The van der Waals surface area contributed by atoms with E-state index in [4.69, 9.17) is 27.9 Å². The molecule has 1 heterocycles. The Balaban J connectivity index is 1.94. The maximum atomic E-state index is 14.3. The summed E-state index contributed by atoms with van der Waals surface area (Å²) < 4.78 is 20.1. The fraction of sp³-hybridized carbons (Fsp3) is 0.211. The van der Waals surface area contributed by atoms with Gasteiger partial charge in [0, 0.05) is 32.8 Å². The summed E-state index contributed by atoms with van der Waals surface area (Å²) in [7, 11) is 1.52. The third kappa shape index (κ3) is 3.71. The minimum Gasteiger partial charge on any atom is -0.380 e. The molecule has 3 aromatic rings. The topological polar surface area (TPSA) is 38.3 Å². The molecule has 0 fully saturated rings. The lowest BCUT2D eigenvalue weighted by Gasteiger charge is -2.16. The van der Waals surface area contributed by atoms with Crippen molar-refractivity contribution < 1.29 is 13.9 Å². The van der Waals surface area contributed by atoms with E-state index >= 15 is 0 Å². The predicted octanol–water partition coefficient (Wildman–Crippen LogP) is 5.98. The van der Waals surface area contributed by atoms with Crippen molar-refractivity contribution in [2.24, 2.45) is 0 Å². The molecule has 0 aliphatic rings. The average Bonchev–Trinajstić information content (AvgIpc) is 2.95. The second-order valence-corrected chi connectivity index (χ2v) is 7.71. The number of amides is 1. The Hall–Kier alpha value is -1.66. The molecule has 0 aliphatic heterocycles. The molecule has 0 saturated carbocycles. The number of carbonyl (C=O) groups excluding carboxylic acids is 1. The van der Waals surface area contributed by atoms with Crippen LogP contribution >= 0.6 is 34.5 Å². The Bertz CT molecular complexity index is 974. The predicted molar refractivity (Wildman–Crippen MR) is 105 cm³/mol. The van der Waals surface area contributed by atoms with Crippen LogP contribution in [0.5, 0.6) is 0 Å². The maximum absolute atomic E-state index is 14.3. The van der Waals surface area contributed by atoms with E-state index in [9.17, 15) is 9.18 Å². The molecule has 0 bridgehead atoms. The van der Waals surface area contributed by atoms with Gasteiger partial charge < -0.3 is 10.1 Å². The van der Waals surface area contributed by atoms with Gasteiger partial charge in [-0.2, -0.15) is 0 Å². The lowest BCUT2D eigenvalue weighted by molar-refractivity contribution is 0.0940. The molecule has 1 aromatic heterocycles. The largest absolute Gasteiger partial charge is 0.380 e. The Morgan fingerprint density at radius 3 is 2.77 bits per heavy atom. The molecule has 3 nitrogen and oxygen atoms in total. The van der Waals surface area contributed by atoms with Crippen LogP contribution in [0.3, 0.4) is 0 Å². The number of nitrogens with one attached hydrogen (secondary N) is 1. The van der Waals surface area contributed by atoms with Gasteiger partial charge in [0.15, 0.2) is 0 Å². The highest BCUT2D eigenvalue weighted by Gasteiger charge is 2.22. The monoisotopic (exact) mass is 411 g/mol. The Labute approximate surface area is 164 Å². The number of methoxy groups -OCH3 is 1. The quantitative estimate of drug-likeness (QED) is 0.560. The van der Waals surface area contributed by atoms with Gasteiger partial charge in [-0.3, -0.25) is 4.79 Å².